The quantitative estimate of drug-likeness (QED) is 0.859. The van der Waals surface area contributed by atoms with E-state index in [-0.39, 0.29) is 10.8 Å². The normalized spacial score (nSPS) is 15.8. The Hall–Kier alpha value is -0.920. The minimum absolute atomic E-state index is 0.0272. The van der Waals surface area contributed by atoms with Gasteiger partial charge in [0.2, 0.25) is 10.0 Å². The highest BCUT2D eigenvalue weighted by molar-refractivity contribution is 9.10. The highest BCUT2D eigenvalue weighted by Crippen LogP contribution is 2.26. The summed E-state index contributed by atoms with van der Waals surface area (Å²) < 4.78 is 23.6. The SMILES string of the molecule is Cc1c(Br)cc(C(=O)NCC2CCC2)cc1S(N)(=O)=O. The summed E-state index contributed by atoms with van der Waals surface area (Å²) in [4.78, 5) is 12.0. The number of hydrogen-bond acceptors (Lipinski definition) is 3. The molecule has 0 aliphatic heterocycles. The average Bonchev–Trinajstić information content (AvgIpc) is 2.28. The lowest BCUT2D eigenvalue weighted by atomic mass is 9.85. The molecule has 7 heteroatoms. The van der Waals surface area contributed by atoms with Crippen molar-refractivity contribution < 1.29 is 13.2 Å². The van der Waals surface area contributed by atoms with E-state index in [0.29, 0.717) is 28.1 Å². The molecule has 1 aliphatic carbocycles. The molecule has 0 spiro atoms. The highest BCUT2D eigenvalue weighted by Gasteiger charge is 2.20. The number of nitrogens with two attached hydrogens (primary N) is 1. The van der Waals surface area contributed by atoms with E-state index in [1.165, 1.54) is 12.5 Å². The fourth-order valence-corrected chi connectivity index (χ4v) is 3.54. The lowest BCUT2D eigenvalue weighted by Crippen LogP contribution is -2.32. The standard InChI is InChI=1S/C13H17BrN2O3S/c1-8-11(14)5-10(6-12(8)20(15,18)19)13(17)16-7-9-3-2-4-9/h5-6,9H,2-4,7H2,1H3,(H,16,17)(H2,15,18,19). The summed E-state index contributed by atoms with van der Waals surface area (Å²) in [6, 6.07) is 2.94. The number of rotatable bonds is 4. The molecule has 20 heavy (non-hydrogen) atoms. The number of benzene rings is 1. The van der Waals surface area contributed by atoms with Crippen LogP contribution in [0.4, 0.5) is 0 Å². The topological polar surface area (TPSA) is 89.3 Å². The van der Waals surface area contributed by atoms with Gasteiger partial charge < -0.3 is 5.32 Å². The first kappa shape index (κ1) is 15.5. The number of halogens is 1. The van der Waals surface area contributed by atoms with Crippen LogP contribution in [0.2, 0.25) is 0 Å². The van der Waals surface area contributed by atoms with E-state index in [1.807, 2.05) is 0 Å². The number of amides is 1. The molecule has 1 aliphatic rings. The number of carbonyl (C=O) groups is 1. The van der Waals surface area contributed by atoms with E-state index >= 15 is 0 Å². The van der Waals surface area contributed by atoms with Crippen molar-refractivity contribution in [3.63, 3.8) is 0 Å². The Bertz CT molecular complexity index is 639. The Morgan fingerprint density at radius 3 is 2.60 bits per heavy atom. The van der Waals surface area contributed by atoms with E-state index < -0.39 is 10.0 Å². The minimum Gasteiger partial charge on any atom is -0.352 e. The van der Waals surface area contributed by atoms with Crippen molar-refractivity contribution in [2.45, 2.75) is 31.1 Å². The molecule has 0 bridgehead atoms. The molecule has 0 aromatic heterocycles. The van der Waals surface area contributed by atoms with Crippen LogP contribution in [-0.4, -0.2) is 20.9 Å². The molecule has 0 unspecified atom stereocenters. The van der Waals surface area contributed by atoms with Gasteiger partial charge in [-0.25, -0.2) is 13.6 Å². The van der Waals surface area contributed by atoms with E-state index in [4.69, 9.17) is 5.14 Å². The molecule has 1 amide bonds. The fraction of sp³-hybridized carbons (Fsp3) is 0.462. The second kappa shape index (κ2) is 5.83. The third-order valence-electron chi connectivity index (χ3n) is 3.64. The summed E-state index contributed by atoms with van der Waals surface area (Å²) >= 11 is 3.26. The van der Waals surface area contributed by atoms with E-state index in [1.54, 1.807) is 13.0 Å². The molecule has 0 saturated heterocycles. The lowest BCUT2D eigenvalue weighted by molar-refractivity contribution is 0.0939. The molecule has 0 atom stereocenters. The Balaban J connectivity index is 2.23. The van der Waals surface area contributed by atoms with Gasteiger partial charge in [-0.3, -0.25) is 4.79 Å². The molecule has 5 nitrogen and oxygen atoms in total. The van der Waals surface area contributed by atoms with Gasteiger partial charge in [0.25, 0.3) is 5.91 Å². The molecule has 2 rings (SSSR count). The van der Waals surface area contributed by atoms with E-state index in [9.17, 15) is 13.2 Å². The third-order valence-corrected chi connectivity index (χ3v) is 5.50. The summed E-state index contributed by atoms with van der Waals surface area (Å²) in [6.07, 6.45) is 3.49. The van der Waals surface area contributed by atoms with Gasteiger partial charge in [0.1, 0.15) is 0 Å². The summed E-state index contributed by atoms with van der Waals surface area (Å²) in [6.45, 7) is 2.27. The van der Waals surface area contributed by atoms with Crippen molar-refractivity contribution in [1.29, 1.82) is 0 Å². The number of hydrogen-bond donors (Lipinski definition) is 2. The molecule has 1 aromatic carbocycles. The first-order valence-electron chi connectivity index (χ1n) is 6.40. The maximum absolute atomic E-state index is 12.1. The molecule has 1 fully saturated rings. The Kier molecular flexibility index (Phi) is 4.51. The Morgan fingerprint density at radius 1 is 1.45 bits per heavy atom. The van der Waals surface area contributed by atoms with Crippen LogP contribution in [0.3, 0.4) is 0 Å². The van der Waals surface area contributed by atoms with Gasteiger partial charge in [-0.05, 0) is 43.4 Å². The van der Waals surface area contributed by atoms with E-state index in [0.717, 1.165) is 12.8 Å². The van der Waals surface area contributed by atoms with Gasteiger partial charge in [-0.2, -0.15) is 0 Å². The molecule has 0 radical (unpaired) electrons. The first-order chi connectivity index (χ1) is 9.29. The van der Waals surface area contributed by atoms with Gasteiger partial charge in [0.05, 0.1) is 4.90 Å². The van der Waals surface area contributed by atoms with Gasteiger partial charge in [0, 0.05) is 16.6 Å². The summed E-state index contributed by atoms with van der Waals surface area (Å²) in [5, 5.41) is 8.00. The average molecular weight is 361 g/mol. The van der Waals surface area contributed by atoms with Crippen LogP contribution >= 0.6 is 15.9 Å². The Morgan fingerprint density at radius 2 is 2.10 bits per heavy atom. The maximum atomic E-state index is 12.1. The van der Waals surface area contributed by atoms with Crippen LogP contribution in [0, 0.1) is 12.8 Å². The number of primary sulfonamides is 1. The van der Waals surface area contributed by atoms with E-state index in [2.05, 4.69) is 21.2 Å². The van der Waals surface area contributed by atoms with Crippen molar-refractivity contribution in [2.24, 2.45) is 11.1 Å². The number of nitrogens with one attached hydrogen (secondary N) is 1. The van der Waals surface area contributed by atoms with Gasteiger partial charge >= 0.3 is 0 Å². The third kappa shape index (κ3) is 3.39. The molecular weight excluding hydrogens is 344 g/mol. The van der Waals surface area contributed by atoms with Gasteiger partial charge in [-0.1, -0.05) is 22.4 Å². The van der Waals surface area contributed by atoms with Crippen molar-refractivity contribution in [2.75, 3.05) is 6.54 Å². The Labute approximate surface area is 127 Å². The summed E-state index contributed by atoms with van der Waals surface area (Å²) in [7, 11) is -3.85. The second-order valence-corrected chi connectivity index (χ2v) is 7.52. The monoisotopic (exact) mass is 360 g/mol. The van der Waals surface area contributed by atoms with Crippen molar-refractivity contribution in [3.05, 3.63) is 27.7 Å². The minimum atomic E-state index is -3.85. The van der Waals surface area contributed by atoms with Crippen LogP contribution in [0.1, 0.15) is 35.2 Å². The molecule has 1 saturated carbocycles. The zero-order valence-corrected chi connectivity index (χ0v) is 13.6. The van der Waals surface area contributed by atoms with Crippen molar-refractivity contribution >= 4 is 31.9 Å². The summed E-state index contributed by atoms with van der Waals surface area (Å²) in [5.41, 5.74) is 0.800. The predicted molar refractivity (Wildman–Crippen MR) is 79.9 cm³/mol. The van der Waals surface area contributed by atoms with Crippen LogP contribution in [0.5, 0.6) is 0 Å². The second-order valence-electron chi connectivity index (χ2n) is 5.13. The number of sulfonamides is 1. The lowest BCUT2D eigenvalue weighted by Gasteiger charge is -2.25. The summed E-state index contributed by atoms with van der Waals surface area (Å²) in [5.74, 6) is 0.271. The van der Waals surface area contributed by atoms with Gasteiger partial charge in [-0.15, -0.1) is 0 Å². The first-order valence-corrected chi connectivity index (χ1v) is 8.74. The number of carbonyl (C=O) groups excluding carboxylic acids is 1. The fourth-order valence-electron chi connectivity index (χ4n) is 2.12. The zero-order chi connectivity index (χ0) is 14.9. The van der Waals surface area contributed by atoms with Crippen LogP contribution in [0.25, 0.3) is 0 Å². The smallest absolute Gasteiger partial charge is 0.251 e. The van der Waals surface area contributed by atoms with Crippen molar-refractivity contribution in [1.82, 2.24) is 5.32 Å². The molecule has 1 aromatic rings. The molecule has 110 valence electrons. The largest absolute Gasteiger partial charge is 0.352 e. The molecule has 3 N–H and O–H groups in total. The zero-order valence-electron chi connectivity index (χ0n) is 11.1. The predicted octanol–water partition coefficient (Wildman–Crippen LogP) is 1.93. The van der Waals surface area contributed by atoms with Crippen LogP contribution < -0.4 is 10.5 Å². The molecular formula is C13H17BrN2O3S. The van der Waals surface area contributed by atoms with Crippen LogP contribution in [-0.2, 0) is 10.0 Å². The van der Waals surface area contributed by atoms with Crippen LogP contribution in [0.15, 0.2) is 21.5 Å². The van der Waals surface area contributed by atoms with Gasteiger partial charge in [0.15, 0.2) is 0 Å². The van der Waals surface area contributed by atoms with Crippen molar-refractivity contribution in [3.8, 4) is 0 Å². The molecule has 0 heterocycles. The maximum Gasteiger partial charge on any atom is 0.251 e. The highest BCUT2D eigenvalue weighted by atomic mass is 79.9.